The lowest BCUT2D eigenvalue weighted by molar-refractivity contribution is -0.108. The van der Waals surface area contributed by atoms with E-state index in [-0.39, 0.29) is 11.6 Å². The molecular weight excluding hydrogens is 376 g/mol. The molecule has 1 rings (SSSR count). The van der Waals surface area contributed by atoms with Gasteiger partial charge in [0.15, 0.2) is 11.6 Å². The quantitative estimate of drug-likeness (QED) is 0.396. The lowest BCUT2D eigenvalue weighted by Crippen LogP contribution is -2.20. The van der Waals surface area contributed by atoms with Gasteiger partial charge in [-0.3, -0.25) is 9.59 Å². The third-order valence-corrected chi connectivity index (χ3v) is 4.29. The number of rotatable bonds is 9. The van der Waals surface area contributed by atoms with Crippen LogP contribution in [0.15, 0.2) is 30.5 Å². The molecule has 0 bridgehead atoms. The van der Waals surface area contributed by atoms with Crippen molar-refractivity contribution < 1.29 is 14.4 Å². The maximum absolute atomic E-state index is 11.6. The average molecular weight is 421 g/mol. The van der Waals surface area contributed by atoms with Crippen LogP contribution >= 0.6 is 0 Å². The second kappa shape index (κ2) is 19.9. The number of ketones is 2. The Labute approximate surface area is 184 Å². The Kier molecular flexibility index (Phi) is 21.4. The van der Waals surface area contributed by atoms with Crippen molar-refractivity contribution in [1.82, 2.24) is 5.32 Å². The summed E-state index contributed by atoms with van der Waals surface area (Å²) in [5.41, 5.74) is 2.86. The van der Waals surface area contributed by atoms with Crippen molar-refractivity contribution in [3.8, 4) is 0 Å². The lowest BCUT2D eigenvalue weighted by Gasteiger charge is -2.21. The Bertz CT molecular complexity index is 639. The molecule has 1 aromatic rings. The van der Waals surface area contributed by atoms with E-state index in [0.717, 1.165) is 30.6 Å². The fourth-order valence-corrected chi connectivity index (χ4v) is 2.43. The molecule has 1 N–H and O–H groups in total. The van der Waals surface area contributed by atoms with Crippen LogP contribution in [-0.4, -0.2) is 38.5 Å². The highest BCUT2D eigenvalue weighted by molar-refractivity contribution is 6.10. The van der Waals surface area contributed by atoms with Crippen LogP contribution in [0, 0.1) is 5.92 Å². The first-order valence-corrected chi connectivity index (χ1v) is 10.9. The molecule has 0 radical (unpaired) electrons. The van der Waals surface area contributed by atoms with E-state index in [1.807, 2.05) is 65.7 Å². The van der Waals surface area contributed by atoms with Crippen LogP contribution < -0.4 is 10.2 Å². The maximum atomic E-state index is 11.6. The topological polar surface area (TPSA) is 66.5 Å². The van der Waals surface area contributed by atoms with Crippen molar-refractivity contribution in [2.24, 2.45) is 5.92 Å². The van der Waals surface area contributed by atoms with Gasteiger partial charge in [-0.05, 0) is 39.2 Å². The zero-order valence-electron chi connectivity index (χ0n) is 20.9. The summed E-state index contributed by atoms with van der Waals surface area (Å²) in [4.78, 5) is 35.0. The SMILES string of the molecule is C=C(NC)C(C)CCC=O.CC.CC.CCN(C)c1cccc(C(C)=O)c1C(C)=O. The van der Waals surface area contributed by atoms with E-state index < -0.39 is 0 Å². The Morgan fingerprint density at radius 2 is 1.67 bits per heavy atom. The van der Waals surface area contributed by atoms with Gasteiger partial charge in [0.25, 0.3) is 0 Å². The summed E-state index contributed by atoms with van der Waals surface area (Å²) in [5.74, 6) is 0.257. The number of hydrogen-bond acceptors (Lipinski definition) is 5. The van der Waals surface area contributed by atoms with Gasteiger partial charge in [-0.2, -0.15) is 0 Å². The van der Waals surface area contributed by atoms with Crippen molar-refractivity contribution in [2.45, 2.75) is 68.2 Å². The molecule has 0 saturated carbocycles. The van der Waals surface area contributed by atoms with Crippen LogP contribution in [0.1, 0.15) is 88.9 Å². The third kappa shape index (κ3) is 12.2. The molecule has 0 fully saturated rings. The summed E-state index contributed by atoms with van der Waals surface area (Å²) < 4.78 is 0. The van der Waals surface area contributed by atoms with E-state index in [1.54, 1.807) is 6.07 Å². The molecule has 172 valence electrons. The standard InChI is InChI=1S/C13H17NO2.C8H15NO.2C2H6/c1-5-14(4)12-8-6-7-11(9(2)15)13(12)10(3)16;1-7(5-4-6-10)8(2)9-3;2*1-2/h6-8H,5H2,1-4H3;6-7,9H,2,4-5H2,1,3H3;2*1-2H3. The zero-order valence-corrected chi connectivity index (χ0v) is 20.9. The highest BCUT2D eigenvalue weighted by Crippen LogP contribution is 2.24. The van der Waals surface area contributed by atoms with E-state index in [4.69, 9.17) is 0 Å². The lowest BCUT2D eigenvalue weighted by atomic mass is 9.99. The number of nitrogens with one attached hydrogen (secondary N) is 1. The van der Waals surface area contributed by atoms with Crippen molar-refractivity contribution in [3.05, 3.63) is 41.6 Å². The Morgan fingerprint density at radius 1 is 1.13 bits per heavy atom. The van der Waals surface area contributed by atoms with Crippen molar-refractivity contribution in [3.63, 3.8) is 0 Å². The Balaban J connectivity index is -0.000000449. The zero-order chi connectivity index (χ0) is 24.3. The molecule has 1 atom stereocenters. The number of aldehydes is 1. The summed E-state index contributed by atoms with van der Waals surface area (Å²) in [6, 6.07) is 5.38. The van der Waals surface area contributed by atoms with Gasteiger partial charge in [0.1, 0.15) is 6.29 Å². The monoisotopic (exact) mass is 420 g/mol. The molecule has 1 aromatic carbocycles. The molecule has 0 aliphatic heterocycles. The molecule has 0 heterocycles. The van der Waals surface area contributed by atoms with Gasteiger partial charge < -0.3 is 15.0 Å². The van der Waals surface area contributed by atoms with Crippen LogP contribution in [0.4, 0.5) is 5.69 Å². The first-order valence-electron chi connectivity index (χ1n) is 10.9. The van der Waals surface area contributed by atoms with E-state index >= 15 is 0 Å². The molecule has 0 aliphatic carbocycles. The summed E-state index contributed by atoms with van der Waals surface area (Å²) in [7, 11) is 3.76. The van der Waals surface area contributed by atoms with Gasteiger partial charge >= 0.3 is 0 Å². The van der Waals surface area contributed by atoms with E-state index in [2.05, 4.69) is 18.8 Å². The van der Waals surface area contributed by atoms with Gasteiger partial charge in [-0.15, -0.1) is 0 Å². The minimum Gasteiger partial charge on any atom is -0.392 e. The van der Waals surface area contributed by atoms with Crippen LogP contribution in [0.25, 0.3) is 0 Å². The highest BCUT2D eigenvalue weighted by atomic mass is 16.1. The molecule has 30 heavy (non-hydrogen) atoms. The van der Waals surface area contributed by atoms with Crippen LogP contribution in [0.5, 0.6) is 0 Å². The number of hydrogen-bond donors (Lipinski definition) is 1. The summed E-state index contributed by atoms with van der Waals surface area (Å²) >= 11 is 0. The van der Waals surface area contributed by atoms with E-state index in [0.29, 0.717) is 23.5 Å². The first-order chi connectivity index (χ1) is 14.2. The smallest absolute Gasteiger partial charge is 0.162 e. The highest BCUT2D eigenvalue weighted by Gasteiger charge is 2.17. The second-order valence-electron chi connectivity index (χ2n) is 6.25. The van der Waals surface area contributed by atoms with Crippen molar-refractivity contribution >= 4 is 23.5 Å². The number of benzene rings is 1. The number of Topliss-reactive ketones (excluding diaryl/α,β-unsaturated/α-hetero) is 2. The van der Waals surface area contributed by atoms with Crippen LogP contribution in [-0.2, 0) is 4.79 Å². The fraction of sp³-hybridized carbons (Fsp3) is 0.560. The largest absolute Gasteiger partial charge is 0.392 e. The minimum atomic E-state index is -0.0726. The number of anilines is 1. The molecule has 0 amide bonds. The van der Waals surface area contributed by atoms with Crippen LogP contribution in [0.2, 0.25) is 0 Å². The number of carbonyl (C=O) groups excluding carboxylic acids is 3. The van der Waals surface area contributed by atoms with Crippen molar-refractivity contribution in [2.75, 3.05) is 25.5 Å². The molecule has 0 saturated heterocycles. The fourth-order valence-electron chi connectivity index (χ4n) is 2.43. The van der Waals surface area contributed by atoms with E-state index in [1.165, 1.54) is 13.8 Å². The third-order valence-electron chi connectivity index (χ3n) is 4.29. The molecule has 0 spiro atoms. The van der Waals surface area contributed by atoms with Gasteiger partial charge in [0.05, 0.1) is 5.56 Å². The summed E-state index contributed by atoms with van der Waals surface area (Å²) in [5, 5.41) is 2.96. The molecule has 1 unspecified atom stereocenters. The van der Waals surface area contributed by atoms with E-state index in [9.17, 15) is 14.4 Å². The first kappa shape index (κ1) is 32.2. The number of nitrogens with zero attached hydrogens (tertiary/aromatic N) is 1. The molecule has 0 aromatic heterocycles. The summed E-state index contributed by atoms with van der Waals surface area (Å²) in [6.45, 7) is 19.6. The van der Waals surface area contributed by atoms with Crippen LogP contribution in [0.3, 0.4) is 0 Å². The number of carbonyl (C=O) groups is 3. The predicted octanol–water partition coefficient (Wildman–Crippen LogP) is 5.94. The number of allylic oxidation sites excluding steroid dienone is 1. The molecule has 5 heteroatoms. The molecule has 0 aliphatic rings. The van der Waals surface area contributed by atoms with Crippen molar-refractivity contribution in [1.29, 1.82) is 0 Å². The normalized spacial score (nSPS) is 9.80. The second-order valence-corrected chi connectivity index (χ2v) is 6.25. The van der Waals surface area contributed by atoms with Gasteiger partial charge in [0, 0.05) is 44.0 Å². The predicted molar refractivity (Wildman–Crippen MR) is 131 cm³/mol. The Hall–Kier alpha value is -2.43. The average Bonchev–Trinajstić information content (AvgIpc) is 2.78. The molecule has 5 nitrogen and oxygen atoms in total. The van der Waals surface area contributed by atoms with Gasteiger partial charge in [-0.25, -0.2) is 0 Å². The van der Waals surface area contributed by atoms with Gasteiger partial charge in [0.2, 0.25) is 0 Å². The maximum Gasteiger partial charge on any atom is 0.162 e. The van der Waals surface area contributed by atoms with Gasteiger partial charge in [-0.1, -0.05) is 53.3 Å². The minimum absolute atomic E-state index is 0.0684. The molecular formula is C25H44N2O3. The summed E-state index contributed by atoms with van der Waals surface area (Å²) in [6.07, 6.45) is 2.46. The Morgan fingerprint density at radius 3 is 2.03 bits per heavy atom.